The van der Waals surface area contributed by atoms with E-state index in [1.54, 1.807) is 4.90 Å². The van der Waals surface area contributed by atoms with Gasteiger partial charge in [0.1, 0.15) is 11.4 Å². The molecule has 1 aromatic carbocycles. The van der Waals surface area contributed by atoms with E-state index in [-0.39, 0.29) is 30.2 Å². The Labute approximate surface area is 125 Å². The highest BCUT2D eigenvalue weighted by molar-refractivity contribution is 6.30. The minimum Gasteiger partial charge on any atom is -0.480 e. The Balaban J connectivity index is 1.93. The standard InChI is InChI=1S/C13H15ClFN3O3/c14-8-1-2-10(9(15)5-8)17-11(19)6-18-4-3-13(16,7-18)12(20)21/h1-2,5H,3-4,6-7,16H2,(H,17,19)(H,20,21). The number of carboxylic acids is 1. The van der Waals surface area contributed by atoms with Gasteiger partial charge in [0.25, 0.3) is 0 Å². The zero-order valence-corrected chi connectivity index (χ0v) is 11.9. The maximum absolute atomic E-state index is 13.5. The molecular formula is C13H15ClFN3O3. The number of carboxylic acid groups (broad SMARTS) is 1. The van der Waals surface area contributed by atoms with E-state index in [2.05, 4.69) is 5.32 Å². The molecule has 0 aliphatic carbocycles. The number of halogens is 2. The number of aliphatic carboxylic acids is 1. The summed E-state index contributed by atoms with van der Waals surface area (Å²) in [7, 11) is 0. The van der Waals surface area contributed by atoms with Gasteiger partial charge in [-0.15, -0.1) is 0 Å². The Bertz CT molecular complexity index is 584. The average molecular weight is 316 g/mol. The Morgan fingerprint density at radius 3 is 2.81 bits per heavy atom. The maximum atomic E-state index is 13.5. The van der Waals surface area contributed by atoms with Crippen LogP contribution in [0.5, 0.6) is 0 Å². The molecule has 6 nitrogen and oxygen atoms in total. The number of carbonyl (C=O) groups excluding carboxylic acids is 1. The summed E-state index contributed by atoms with van der Waals surface area (Å²) in [5.41, 5.74) is 4.41. The molecule has 1 unspecified atom stereocenters. The van der Waals surface area contributed by atoms with Crippen molar-refractivity contribution in [2.24, 2.45) is 5.73 Å². The number of likely N-dealkylation sites (tertiary alicyclic amines) is 1. The molecule has 1 aliphatic rings. The monoisotopic (exact) mass is 315 g/mol. The summed E-state index contributed by atoms with van der Waals surface area (Å²) in [5, 5.41) is 11.7. The van der Waals surface area contributed by atoms with Gasteiger partial charge < -0.3 is 16.2 Å². The Kier molecular flexibility index (Phi) is 4.46. The first-order chi connectivity index (χ1) is 9.80. The summed E-state index contributed by atoms with van der Waals surface area (Å²) >= 11 is 5.62. The number of benzene rings is 1. The van der Waals surface area contributed by atoms with Gasteiger partial charge >= 0.3 is 5.97 Å². The molecule has 2 rings (SSSR count). The van der Waals surface area contributed by atoms with Gasteiger partial charge in [0.05, 0.1) is 12.2 Å². The van der Waals surface area contributed by atoms with Crippen LogP contribution in [0, 0.1) is 5.82 Å². The van der Waals surface area contributed by atoms with Gasteiger partial charge in [-0.1, -0.05) is 11.6 Å². The summed E-state index contributed by atoms with van der Waals surface area (Å²) in [6.45, 7) is 0.437. The van der Waals surface area contributed by atoms with Gasteiger partial charge in [-0.05, 0) is 24.6 Å². The predicted molar refractivity (Wildman–Crippen MR) is 75.7 cm³/mol. The third-order valence-corrected chi connectivity index (χ3v) is 3.61. The highest BCUT2D eigenvalue weighted by Crippen LogP contribution is 2.20. The highest BCUT2D eigenvalue weighted by Gasteiger charge is 2.41. The molecule has 8 heteroatoms. The lowest BCUT2D eigenvalue weighted by Crippen LogP contribution is -2.50. The number of rotatable bonds is 4. The lowest BCUT2D eigenvalue weighted by atomic mass is 10.0. The van der Waals surface area contributed by atoms with Crippen molar-refractivity contribution in [1.29, 1.82) is 0 Å². The van der Waals surface area contributed by atoms with E-state index in [0.29, 0.717) is 6.54 Å². The van der Waals surface area contributed by atoms with Crippen LogP contribution in [0.2, 0.25) is 5.02 Å². The second-order valence-electron chi connectivity index (χ2n) is 5.09. The van der Waals surface area contributed by atoms with Crippen LogP contribution in [-0.2, 0) is 9.59 Å². The first-order valence-corrected chi connectivity index (χ1v) is 6.67. The predicted octanol–water partition coefficient (Wildman–Crippen LogP) is 0.905. The van der Waals surface area contributed by atoms with Gasteiger partial charge in [0.2, 0.25) is 5.91 Å². The SMILES string of the molecule is NC1(C(=O)O)CCN(CC(=O)Nc2ccc(Cl)cc2F)C1. The Morgan fingerprint density at radius 2 is 2.24 bits per heavy atom. The quantitative estimate of drug-likeness (QED) is 0.767. The minimum atomic E-state index is -1.33. The van der Waals surface area contributed by atoms with Crippen LogP contribution in [0.25, 0.3) is 0 Å². The fourth-order valence-corrected chi connectivity index (χ4v) is 2.37. The third-order valence-electron chi connectivity index (χ3n) is 3.38. The smallest absolute Gasteiger partial charge is 0.325 e. The molecule has 0 radical (unpaired) electrons. The molecule has 1 fully saturated rings. The number of nitrogens with two attached hydrogens (primary N) is 1. The maximum Gasteiger partial charge on any atom is 0.325 e. The molecule has 0 bridgehead atoms. The molecule has 4 N–H and O–H groups in total. The fraction of sp³-hybridized carbons (Fsp3) is 0.385. The molecule has 1 atom stereocenters. The van der Waals surface area contributed by atoms with Crippen molar-refractivity contribution < 1.29 is 19.1 Å². The second kappa shape index (κ2) is 5.97. The zero-order chi connectivity index (χ0) is 15.6. The lowest BCUT2D eigenvalue weighted by molar-refractivity contribution is -0.143. The Morgan fingerprint density at radius 1 is 1.52 bits per heavy atom. The number of nitrogens with one attached hydrogen (secondary N) is 1. The van der Waals surface area contributed by atoms with Gasteiger partial charge in [-0.25, -0.2) is 4.39 Å². The van der Waals surface area contributed by atoms with Gasteiger partial charge in [0, 0.05) is 18.1 Å². The number of anilines is 1. The minimum absolute atomic E-state index is 0.0286. The summed E-state index contributed by atoms with van der Waals surface area (Å²) in [6, 6.07) is 3.93. The van der Waals surface area contributed by atoms with Gasteiger partial charge in [-0.3, -0.25) is 14.5 Å². The number of nitrogens with zero attached hydrogens (tertiary/aromatic N) is 1. The first kappa shape index (κ1) is 15.7. The molecule has 21 heavy (non-hydrogen) atoms. The molecular weight excluding hydrogens is 301 g/mol. The molecule has 1 aliphatic heterocycles. The molecule has 114 valence electrons. The summed E-state index contributed by atoms with van der Waals surface area (Å²) in [4.78, 5) is 24.5. The first-order valence-electron chi connectivity index (χ1n) is 6.30. The van der Waals surface area contributed by atoms with E-state index in [0.717, 1.165) is 6.07 Å². The van der Waals surface area contributed by atoms with Crippen molar-refractivity contribution in [3.8, 4) is 0 Å². The van der Waals surface area contributed by atoms with E-state index < -0.39 is 23.2 Å². The number of hydrogen-bond donors (Lipinski definition) is 3. The number of hydrogen-bond acceptors (Lipinski definition) is 4. The second-order valence-corrected chi connectivity index (χ2v) is 5.53. The van der Waals surface area contributed by atoms with Crippen LogP contribution < -0.4 is 11.1 Å². The molecule has 0 spiro atoms. The molecule has 1 aromatic rings. The van der Waals surface area contributed by atoms with E-state index in [1.165, 1.54) is 12.1 Å². The van der Waals surface area contributed by atoms with Crippen molar-refractivity contribution >= 4 is 29.2 Å². The van der Waals surface area contributed by atoms with Crippen molar-refractivity contribution in [3.05, 3.63) is 29.0 Å². The summed E-state index contributed by atoms with van der Waals surface area (Å²) in [6.07, 6.45) is 0.269. The van der Waals surface area contributed by atoms with Gasteiger partial charge in [-0.2, -0.15) is 0 Å². The molecule has 1 heterocycles. The topological polar surface area (TPSA) is 95.7 Å². The van der Waals surface area contributed by atoms with Crippen LogP contribution in [0.3, 0.4) is 0 Å². The van der Waals surface area contributed by atoms with E-state index in [9.17, 15) is 14.0 Å². The molecule has 1 saturated heterocycles. The van der Waals surface area contributed by atoms with Crippen LogP contribution in [0.1, 0.15) is 6.42 Å². The lowest BCUT2D eigenvalue weighted by Gasteiger charge is -2.19. The summed E-state index contributed by atoms with van der Waals surface area (Å²) < 4.78 is 13.5. The van der Waals surface area contributed by atoms with E-state index >= 15 is 0 Å². The fourth-order valence-electron chi connectivity index (χ4n) is 2.21. The van der Waals surface area contributed by atoms with Crippen molar-refractivity contribution in [3.63, 3.8) is 0 Å². The number of amides is 1. The normalized spacial score (nSPS) is 22.2. The van der Waals surface area contributed by atoms with Crippen LogP contribution >= 0.6 is 11.6 Å². The van der Waals surface area contributed by atoms with Crippen LogP contribution in [0.4, 0.5) is 10.1 Å². The van der Waals surface area contributed by atoms with Crippen molar-refractivity contribution in [2.45, 2.75) is 12.0 Å². The van der Waals surface area contributed by atoms with E-state index in [4.69, 9.17) is 22.4 Å². The molecule has 1 amide bonds. The zero-order valence-electron chi connectivity index (χ0n) is 11.1. The van der Waals surface area contributed by atoms with Crippen LogP contribution in [-0.4, -0.2) is 47.1 Å². The van der Waals surface area contributed by atoms with Crippen molar-refractivity contribution in [2.75, 3.05) is 25.0 Å². The number of carbonyl (C=O) groups is 2. The largest absolute Gasteiger partial charge is 0.480 e. The van der Waals surface area contributed by atoms with Crippen molar-refractivity contribution in [1.82, 2.24) is 4.90 Å². The average Bonchev–Trinajstić information content (AvgIpc) is 2.76. The molecule has 0 saturated carbocycles. The summed E-state index contributed by atoms with van der Waals surface area (Å²) in [5.74, 6) is -2.16. The van der Waals surface area contributed by atoms with Crippen LogP contribution in [0.15, 0.2) is 18.2 Å². The Hall–Kier alpha value is -1.70. The third kappa shape index (κ3) is 3.69. The highest BCUT2D eigenvalue weighted by atomic mass is 35.5. The molecule has 0 aromatic heterocycles. The van der Waals surface area contributed by atoms with Gasteiger partial charge in [0.15, 0.2) is 0 Å². The van der Waals surface area contributed by atoms with E-state index in [1.807, 2.05) is 0 Å².